The molecule has 104 valence electrons. The first kappa shape index (κ1) is 16.8. The minimum atomic E-state index is 0.224. The summed E-state index contributed by atoms with van der Waals surface area (Å²) in [6.07, 6.45) is 1.81. The average Bonchev–Trinajstić information content (AvgIpc) is 2.35. The summed E-state index contributed by atoms with van der Waals surface area (Å²) in [6.45, 7) is 4.60. The molecule has 0 bridgehead atoms. The van der Waals surface area contributed by atoms with E-state index in [1.54, 1.807) is 14.2 Å². The van der Waals surface area contributed by atoms with E-state index in [1.165, 1.54) is 0 Å². The third kappa shape index (κ3) is 9.50. The van der Waals surface area contributed by atoms with Crippen molar-refractivity contribution in [3.05, 3.63) is 0 Å². The van der Waals surface area contributed by atoms with Crippen LogP contribution in [0.1, 0.15) is 12.8 Å². The highest BCUT2D eigenvalue weighted by molar-refractivity contribution is 4.70. The van der Waals surface area contributed by atoms with E-state index in [9.17, 15) is 0 Å². The van der Waals surface area contributed by atoms with Crippen molar-refractivity contribution in [3.8, 4) is 0 Å². The van der Waals surface area contributed by atoms with Crippen molar-refractivity contribution in [3.63, 3.8) is 0 Å². The van der Waals surface area contributed by atoms with E-state index < -0.39 is 0 Å². The number of likely N-dealkylation sites (N-methyl/N-ethyl adjacent to an activating group) is 1. The Kier molecular flexibility index (Phi) is 12.1. The SMILES string of the molecule is CNC(CCO)CN(CCCOC)CCOC. The van der Waals surface area contributed by atoms with Crippen molar-refractivity contribution >= 4 is 0 Å². The maximum Gasteiger partial charge on any atom is 0.0589 e. The Morgan fingerprint density at radius 1 is 1.18 bits per heavy atom. The van der Waals surface area contributed by atoms with Crippen LogP contribution < -0.4 is 5.32 Å². The Morgan fingerprint density at radius 2 is 1.88 bits per heavy atom. The molecule has 0 fully saturated rings. The molecule has 0 aliphatic carbocycles. The number of nitrogens with zero attached hydrogens (tertiary/aromatic N) is 1. The third-order valence-electron chi connectivity index (χ3n) is 2.80. The number of rotatable bonds is 12. The van der Waals surface area contributed by atoms with Crippen LogP contribution in [0.5, 0.6) is 0 Å². The lowest BCUT2D eigenvalue weighted by Crippen LogP contribution is -2.42. The molecular formula is C12H28N2O3. The Morgan fingerprint density at radius 3 is 2.41 bits per heavy atom. The number of hydrogen-bond donors (Lipinski definition) is 2. The molecule has 0 amide bonds. The van der Waals surface area contributed by atoms with Crippen LogP contribution in [-0.4, -0.2) is 76.8 Å². The smallest absolute Gasteiger partial charge is 0.0589 e. The molecule has 5 heteroatoms. The van der Waals surface area contributed by atoms with Gasteiger partial charge in [-0.2, -0.15) is 0 Å². The lowest BCUT2D eigenvalue weighted by atomic mass is 10.2. The Bertz CT molecular complexity index is 159. The van der Waals surface area contributed by atoms with Crippen LogP contribution in [0, 0.1) is 0 Å². The second-order valence-electron chi connectivity index (χ2n) is 4.14. The monoisotopic (exact) mass is 248 g/mol. The normalized spacial score (nSPS) is 13.2. The minimum Gasteiger partial charge on any atom is -0.396 e. The van der Waals surface area contributed by atoms with Gasteiger partial charge in [0.2, 0.25) is 0 Å². The Labute approximate surface area is 105 Å². The summed E-state index contributed by atoms with van der Waals surface area (Å²) in [7, 11) is 5.38. The van der Waals surface area contributed by atoms with Gasteiger partial charge < -0.3 is 19.9 Å². The quantitative estimate of drug-likeness (QED) is 0.474. The second-order valence-corrected chi connectivity index (χ2v) is 4.14. The van der Waals surface area contributed by atoms with E-state index in [2.05, 4.69) is 10.2 Å². The molecule has 5 nitrogen and oxygen atoms in total. The summed E-state index contributed by atoms with van der Waals surface area (Å²) in [4.78, 5) is 2.35. The number of aliphatic hydroxyl groups excluding tert-OH is 1. The topological polar surface area (TPSA) is 54.0 Å². The minimum absolute atomic E-state index is 0.224. The average molecular weight is 248 g/mol. The number of hydrogen-bond acceptors (Lipinski definition) is 5. The molecule has 0 heterocycles. The molecule has 1 atom stereocenters. The van der Waals surface area contributed by atoms with Crippen LogP contribution in [0.15, 0.2) is 0 Å². The summed E-state index contributed by atoms with van der Waals surface area (Å²) in [5.41, 5.74) is 0. The summed E-state index contributed by atoms with van der Waals surface area (Å²) >= 11 is 0. The molecule has 0 saturated carbocycles. The van der Waals surface area contributed by atoms with Crippen LogP contribution in [0.2, 0.25) is 0 Å². The standard InChI is InChI=1S/C12H28N2O3/c1-13-12(5-8-15)11-14(7-10-17-3)6-4-9-16-2/h12-13,15H,4-11H2,1-3H3. The molecule has 0 aromatic rings. The third-order valence-corrected chi connectivity index (χ3v) is 2.80. The van der Waals surface area contributed by atoms with E-state index in [4.69, 9.17) is 14.6 Å². The zero-order valence-electron chi connectivity index (χ0n) is 11.4. The Hall–Kier alpha value is -0.200. The first-order chi connectivity index (χ1) is 8.28. The van der Waals surface area contributed by atoms with E-state index >= 15 is 0 Å². The summed E-state index contributed by atoms with van der Waals surface area (Å²) in [5, 5.41) is 12.2. The molecule has 0 aliphatic heterocycles. The fourth-order valence-electron chi connectivity index (χ4n) is 1.74. The molecule has 0 saturated heterocycles. The van der Waals surface area contributed by atoms with E-state index in [0.29, 0.717) is 6.04 Å². The van der Waals surface area contributed by atoms with Gasteiger partial charge in [-0.25, -0.2) is 0 Å². The van der Waals surface area contributed by atoms with Gasteiger partial charge in [0, 0.05) is 53.1 Å². The van der Waals surface area contributed by atoms with E-state index in [1.807, 2.05) is 7.05 Å². The lowest BCUT2D eigenvalue weighted by Gasteiger charge is -2.26. The van der Waals surface area contributed by atoms with Gasteiger partial charge in [0.1, 0.15) is 0 Å². The number of aliphatic hydroxyl groups is 1. The number of nitrogens with one attached hydrogen (secondary N) is 1. The summed E-state index contributed by atoms with van der Waals surface area (Å²) in [5.74, 6) is 0. The van der Waals surface area contributed by atoms with Crippen molar-refractivity contribution in [2.45, 2.75) is 18.9 Å². The second kappa shape index (κ2) is 12.3. The van der Waals surface area contributed by atoms with Gasteiger partial charge in [-0.15, -0.1) is 0 Å². The highest BCUT2D eigenvalue weighted by Gasteiger charge is 2.11. The van der Waals surface area contributed by atoms with Crippen molar-refractivity contribution in [1.29, 1.82) is 0 Å². The molecule has 0 aliphatic rings. The van der Waals surface area contributed by atoms with Gasteiger partial charge in [0.05, 0.1) is 6.61 Å². The van der Waals surface area contributed by atoms with Crippen LogP contribution in [0.3, 0.4) is 0 Å². The number of methoxy groups -OCH3 is 2. The van der Waals surface area contributed by atoms with Gasteiger partial charge in [0.25, 0.3) is 0 Å². The molecular weight excluding hydrogens is 220 g/mol. The first-order valence-corrected chi connectivity index (χ1v) is 6.26. The van der Waals surface area contributed by atoms with Crippen LogP contribution in [0.25, 0.3) is 0 Å². The predicted octanol–water partition coefficient (Wildman–Crippen LogP) is -0.0583. The molecule has 17 heavy (non-hydrogen) atoms. The highest BCUT2D eigenvalue weighted by Crippen LogP contribution is 1.99. The molecule has 0 rings (SSSR count). The lowest BCUT2D eigenvalue weighted by molar-refractivity contribution is 0.123. The Balaban J connectivity index is 3.95. The van der Waals surface area contributed by atoms with Crippen LogP contribution in [0.4, 0.5) is 0 Å². The molecule has 0 aromatic carbocycles. The van der Waals surface area contributed by atoms with Crippen LogP contribution in [-0.2, 0) is 9.47 Å². The van der Waals surface area contributed by atoms with Gasteiger partial charge >= 0.3 is 0 Å². The van der Waals surface area contributed by atoms with Crippen molar-refractivity contribution in [2.75, 3.05) is 60.7 Å². The van der Waals surface area contributed by atoms with Crippen LogP contribution >= 0.6 is 0 Å². The zero-order valence-corrected chi connectivity index (χ0v) is 11.4. The summed E-state index contributed by atoms with van der Waals surface area (Å²) < 4.78 is 10.2. The van der Waals surface area contributed by atoms with Gasteiger partial charge in [0.15, 0.2) is 0 Å². The molecule has 0 aromatic heterocycles. The maximum atomic E-state index is 8.97. The highest BCUT2D eigenvalue weighted by atomic mass is 16.5. The largest absolute Gasteiger partial charge is 0.396 e. The first-order valence-electron chi connectivity index (χ1n) is 6.26. The summed E-state index contributed by atoms with van der Waals surface area (Å²) in [6, 6.07) is 0.333. The molecule has 0 spiro atoms. The maximum absolute atomic E-state index is 8.97. The molecule has 0 radical (unpaired) electrons. The predicted molar refractivity (Wildman–Crippen MR) is 69.4 cm³/mol. The molecule has 2 N–H and O–H groups in total. The van der Waals surface area contributed by atoms with Gasteiger partial charge in [-0.1, -0.05) is 0 Å². The van der Waals surface area contributed by atoms with Crippen molar-refractivity contribution in [1.82, 2.24) is 10.2 Å². The van der Waals surface area contributed by atoms with E-state index in [0.717, 1.165) is 45.7 Å². The van der Waals surface area contributed by atoms with Crippen molar-refractivity contribution < 1.29 is 14.6 Å². The zero-order chi connectivity index (χ0) is 12.9. The number of ether oxygens (including phenoxy) is 2. The van der Waals surface area contributed by atoms with Gasteiger partial charge in [-0.05, 0) is 19.9 Å². The van der Waals surface area contributed by atoms with Gasteiger partial charge in [-0.3, -0.25) is 4.90 Å². The molecule has 1 unspecified atom stereocenters. The fourth-order valence-corrected chi connectivity index (χ4v) is 1.74. The van der Waals surface area contributed by atoms with E-state index in [-0.39, 0.29) is 6.61 Å². The fraction of sp³-hybridized carbons (Fsp3) is 1.00. The van der Waals surface area contributed by atoms with Crippen molar-refractivity contribution in [2.24, 2.45) is 0 Å².